The number of nitrogens with zero attached hydrogens (tertiary/aromatic N) is 1. The van der Waals surface area contributed by atoms with E-state index in [4.69, 9.17) is 0 Å². The topological polar surface area (TPSA) is 24.9 Å². The maximum atomic E-state index is 4.43. The highest BCUT2D eigenvalue weighted by Crippen LogP contribution is 2.20. The third kappa shape index (κ3) is 1.26. The lowest BCUT2D eigenvalue weighted by Crippen LogP contribution is -2.35. The van der Waals surface area contributed by atoms with Crippen molar-refractivity contribution in [3.63, 3.8) is 0 Å². The van der Waals surface area contributed by atoms with Crippen molar-refractivity contribution in [1.82, 2.24) is 10.3 Å². The second kappa shape index (κ2) is 2.62. The van der Waals surface area contributed by atoms with Crippen LogP contribution in [0.1, 0.15) is 23.9 Å². The molecule has 1 saturated heterocycles. The third-order valence-corrected chi connectivity index (χ3v) is 2.09. The molecule has 0 spiro atoms. The molecule has 2 heteroatoms. The van der Waals surface area contributed by atoms with Crippen LogP contribution in [-0.2, 0) is 0 Å². The fourth-order valence-corrected chi connectivity index (χ4v) is 1.30. The molecular formula is C9H12N2. The molecule has 1 aliphatic heterocycles. The van der Waals surface area contributed by atoms with Crippen molar-refractivity contribution in [1.29, 1.82) is 0 Å². The van der Waals surface area contributed by atoms with Crippen LogP contribution in [0.2, 0.25) is 0 Å². The molecule has 1 fully saturated rings. The number of nitrogens with one attached hydrogen (secondary N) is 1. The van der Waals surface area contributed by atoms with Crippen molar-refractivity contribution >= 4 is 0 Å². The Morgan fingerprint density at radius 3 is 2.91 bits per heavy atom. The monoisotopic (exact) mass is 148 g/mol. The van der Waals surface area contributed by atoms with E-state index in [-0.39, 0.29) is 0 Å². The first kappa shape index (κ1) is 6.80. The lowest BCUT2D eigenvalue weighted by Gasteiger charge is -2.27. The van der Waals surface area contributed by atoms with E-state index in [1.807, 2.05) is 13.0 Å². The van der Waals surface area contributed by atoms with Crippen molar-refractivity contribution in [2.75, 3.05) is 6.54 Å². The van der Waals surface area contributed by atoms with Gasteiger partial charge in [-0.05, 0) is 32.0 Å². The van der Waals surface area contributed by atoms with E-state index in [1.165, 1.54) is 12.1 Å². The van der Waals surface area contributed by atoms with Crippen LogP contribution in [0, 0.1) is 6.92 Å². The van der Waals surface area contributed by atoms with Crippen molar-refractivity contribution in [3.05, 3.63) is 29.6 Å². The molecule has 1 atom stereocenters. The lowest BCUT2D eigenvalue weighted by molar-refractivity contribution is 0.375. The van der Waals surface area contributed by atoms with Crippen molar-refractivity contribution in [3.8, 4) is 0 Å². The van der Waals surface area contributed by atoms with E-state index in [1.54, 1.807) is 0 Å². The Bertz CT molecular complexity index is 253. The van der Waals surface area contributed by atoms with Gasteiger partial charge in [0.1, 0.15) is 0 Å². The molecule has 0 unspecified atom stereocenters. The van der Waals surface area contributed by atoms with Gasteiger partial charge in [0.05, 0.1) is 11.7 Å². The van der Waals surface area contributed by atoms with Crippen LogP contribution in [0.5, 0.6) is 0 Å². The Labute approximate surface area is 66.7 Å². The molecule has 1 aromatic heterocycles. The van der Waals surface area contributed by atoms with E-state index in [0.29, 0.717) is 6.04 Å². The smallest absolute Gasteiger partial charge is 0.0576 e. The summed E-state index contributed by atoms with van der Waals surface area (Å²) in [5.41, 5.74) is 2.30. The van der Waals surface area contributed by atoms with E-state index in [2.05, 4.69) is 22.4 Å². The van der Waals surface area contributed by atoms with Crippen LogP contribution < -0.4 is 5.32 Å². The SMILES string of the molecule is Cc1cccc([C@@H]2CCN2)n1. The van der Waals surface area contributed by atoms with Crippen LogP contribution in [-0.4, -0.2) is 11.5 Å². The quantitative estimate of drug-likeness (QED) is 0.651. The van der Waals surface area contributed by atoms with Crippen LogP contribution in [0.25, 0.3) is 0 Å². The average Bonchev–Trinajstić information content (AvgIpc) is 1.83. The number of pyridine rings is 1. The van der Waals surface area contributed by atoms with Gasteiger partial charge in [0.15, 0.2) is 0 Å². The summed E-state index contributed by atoms with van der Waals surface area (Å²) in [6.45, 7) is 3.17. The first-order valence-corrected chi connectivity index (χ1v) is 4.03. The Hall–Kier alpha value is -0.890. The van der Waals surface area contributed by atoms with Gasteiger partial charge in [0.2, 0.25) is 0 Å². The highest BCUT2D eigenvalue weighted by atomic mass is 15.0. The van der Waals surface area contributed by atoms with Gasteiger partial charge in [0.25, 0.3) is 0 Å². The zero-order chi connectivity index (χ0) is 7.68. The Morgan fingerprint density at radius 2 is 2.36 bits per heavy atom. The van der Waals surface area contributed by atoms with Gasteiger partial charge in [-0.3, -0.25) is 4.98 Å². The van der Waals surface area contributed by atoms with E-state index in [9.17, 15) is 0 Å². The summed E-state index contributed by atoms with van der Waals surface area (Å²) in [7, 11) is 0. The van der Waals surface area contributed by atoms with Gasteiger partial charge >= 0.3 is 0 Å². The van der Waals surface area contributed by atoms with Crippen LogP contribution >= 0.6 is 0 Å². The zero-order valence-electron chi connectivity index (χ0n) is 6.67. The number of hydrogen-bond acceptors (Lipinski definition) is 2. The van der Waals surface area contributed by atoms with Gasteiger partial charge in [-0.2, -0.15) is 0 Å². The van der Waals surface area contributed by atoms with Crippen LogP contribution in [0.3, 0.4) is 0 Å². The zero-order valence-corrected chi connectivity index (χ0v) is 6.67. The number of hydrogen-bond donors (Lipinski definition) is 1. The maximum Gasteiger partial charge on any atom is 0.0576 e. The summed E-state index contributed by atoms with van der Waals surface area (Å²) in [6, 6.07) is 6.71. The van der Waals surface area contributed by atoms with Gasteiger partial charge in [0, 0.05) is 5.69 Å². The summed E-state index contributed by atoms with van der Waals surface area (Å²) in [5.74, 6) is 0. The number of aryl methyl sites for hydroxylation is 1. The molecule has 0 radical (unpaired) electrons. The number of aromatic nitrogens is 1. The van der Waals surface area contributed by atoms with Gasteiger partial charge in [-0.1, -0.05) is 6.07 Å². The van der Waals surface area contributed by atoms with Crippen molar-refractivity contribution < 1.29 is 0 Å². The molecule has 0 bridgehead atoms. The van der Waals surface area contributed by atoms with E-state index >= 15 is 0 Å². The third-order valence-electron chi connectivity index (χ3n) is 2.09. The van der Waals surface area contributed by atoms with Crippen molar-refractivity contribution in [2.24, 2.45) is 0 Å². The molecule has 11 heavy (non-hydrogen) atoms. The Kier molecular flexibility index (Phi) is 1.62. The molecule has 1 N–H and O–H groups in total. The molecule has 58 valence electrons. The molecule has 2 heterocycles. The van der Waals surface area contributed by atoms with Gasteiger partial charge < -0.3 is 5.32 Å². The summed E-state index contributed by atoms with van der Waals surface area (Å²) in [4.78, 5) is 4.43. The fourth-order valence-electron chi connectivity index (χ4n) is 1.30. The van der Waals surface area contributed by atoms with Crippen LogP contribution in [0.15, 0.2) is 18.2 Å². The molecule has 1 aliphatic rings. The highest BCUT2D eigenvalue weighted by molar-refractivity contribution is 5.15. The lowest BCUT2D eigenvalue weighted by atomic mass is 10.0. The fraction of sp³-hybridized carbons (Fsp3) is 0.444. The molecule has 0 amide bonds. The second-order valence-electron chi connectivity index (χ2n) is 3.00. The number of rotatable bonds is 1. The standard InChI is InChI=1S/C9H12N2/c1-7-3-2-4-9(11-7)8-5-6-10-8/h2-4,8,10H,5-6H2,1H3/t8-/m0/s1. The minimum Gasteiger partial charge on any atom is -0.309 e. The van der Waals surface area contributed by atoms with Gasteiger partial charge in [-0.25, -0.2) is 0 Å². The second-order valence-corrected chi connectivity index (χ2v) is 3.00. The first-order valence-electron chi connectivity index (χ1n) is 4.03. The molecule has 0 aliphatic carbocycles. The normalized spacial score (nSPS) is 22.8. The average molecular weight is 148 g/mol. The maximum absolute atomic E-state index is 4.43. The minimum absolute atomic E-state index is 0.523. The van der Waals surface area contributed by atoms with E-state index in [0.717, 1.165) is 12.2 Å². The van der Waals surface area contributed by atoms with Crippen molar-refractivity contribution in [2.45, 2.75) is 19.4 Å². The predicted octanol–water partition coefficient (Wildman–Crippen LogP) is 1.42. The molecule has 0 saturated carbocycles. The minimum atomic E-state index is 0.523. The summed E-state index contributed by atoms with van der Waals surface area (Å²) < 4.78 is 0. The van der Waals surface area contributed by atoms with Gasteiger partial charge in [-0.15, -0.1) is 0 Å². The molecule has 2 rings (SSSR count). The molecule has 0 aromatic carbocycles. The molecule has 1 aromatic rings. The first-order chi connectivity index (χ1) is 5.36. The summed E-state index contributed by atoms with van der Waals surface area (Å²) in [6.07, 6.45) is 1.23. The predicted molar refractivity (Wildman–Crippen MR) is 44.3 cm³/mol. The Morgan fingerprint density at radius 1 is 1.55 bits per heavy atom. The largest absolute Gasteiger partial charge is 0.309 e. The highest BCUT2D eigenvalue weighted by Gasteiger charge is 2.18. The Balaban J connectivity index is 2.23. The van der Waals surface area contributed by atoms with Crippen LogP contribution in [0.4, 0.5) is 0 Å². The summed E-state index contributed by atoms with van der Waals surface area (Å²) in [5, 5.41) is 3.33. The molecular weight excluding hydrogens is 136 g/mol. The van der Waals surface area contributed by atoms with E-state index < -0.39 is 0 Å². The molecule has 2 nitrogen and oxygen atoms in total. The summed E-state index contributed by atoms with van der Waals surface area (Å²) >= 11 is 0.